The third-order valence-corrected chi connectivity index (χ3v) is 5.82. The highest BCUT2D eigenvalue weighted by Gasteiger charge is 2.29. The molecule has 35 heavy (non-hydrogen) atoms. The van der Waals surface area contributed by atoms with Gasteiger partial charge in [0, 0.05) is 37.3 Å². The molecule has 3 aromatic rings. The first-order chi connectivity index (χ1) is 16.7. The normalized spacial score (nSPS) is 13.6. The van der Waals surface area contributed by atoms with Crippen LogP contribution in [-0.4, -0.2) is 29.9 Å². The van der Waals surface area contributed by atoms with Crippen LogP contribution in [-0.2, 0) is 20.8 Å². The number of nitrogens with zero attached hydrogens (tertiary/aromatic N) is 1. The van der Waals surface area contributed by atoms with E-state index in [4.69, 9.17) is 5.11 Å². The number of halogens is 1. The van der Waals surface area contributed by atoms with Gasteiger partial charge >= 0.3 is 5.97 Å². The van der Waals surface area contributed by atoms with Crippen LogP contribution in [0.15, 0.2) is 66.7 Å². The van der Waals surface area contributed by atoms with Gasteiger partial charge in [0.25, 0.3) is 5.91 Å². The van der Waals surface area contributed by atoms with E-state index in [1.807, 2.05) is 18.2 Å². The van der Waals surface area contributed by atoms with E-state index in [1.165, 1.54) is 24.0 Å². The number of aliphatic carboxylic acids is 1. The number of rotatable bonds is 7. The maximum Gasteiger partial charge on any atom is 0.303 e. The first kappa shape index (κ1) is 23.7. The molecule has 1 heterocycles. The van der Waals surface area contributed by atoms with E-state index >= 15 is 0 Å². The molecule has 3 aromatic carbocycles. The van der Waals surface area contributed by atoms with Crippen LogP contribution < -0.4 is 15.5 Å². The van der Waals surface area contributed by atoms with E-state index in [2.05, 4.69) is 10.6 Å². The first-order valence-corrected chi connectivity index (χ1v) is 11.0. The SMILES string of the molecule is CC(=O)N(C)c1ccc(N/C(=C2\C(=O)Nc3cc(F)ccc32)c2cccc(CCC(=O)O)c2)cc1. The van der Waals surface area contributed by atoms with Crippen molar-refractivity contribution in [2.75, 3.05) is 22.6 Å². The van der Waals surface area contributed by atoms with Crippen molar-refractivity contribution in [2.45, 2.75) is 19.8 Å². The quantitative estimate of drug-likeness (QED) is 0.430. The fourth-order valence-corrected chi connectivity index (χ4v) is 3.90. The van der Waals surface area contributed by atoms with Crippen molar-refractivity contribution < 1.29 is 23.9 Å². The van der Waals surface area contributed by atoms with Crippen LogP contribution in [0.25, 0.3) is 11.3 Å². The fourth-order valence-electron chi connectivity index (χ4n) is 3.90. The zero-order valence-electron chi connectivity index (χ0n) is 19.3. The second-order valence-electron chi connectivity index (χ2n) is 8.24. The predicted molar refractivity (Wildman–Crippen MR) is 133 cm³/mol. The van der Waals surface area contributed by atoms with E-state index in [-0.39, 0.29) is 18.2 Å². The van der Waals surface area contributed by atoms with Crippen LogP contribution in [0.2, 0.25) is 0 Å². The summed E-state index contributed by atoms with van der Waals surface area (Å²) in [5.41, 5.74) is 4.66. The summed E-state index contributed by atoms with van der Waals surface area (Å²) in [4.78, 5) is 37.2. The van der Waals surface area contributed by atoms with Gasteiger partial charge in [-0.1, -0.05) is 18.2 Å². The van der Waals surface area contributed by atoms with Gasteiger partial charge in [0.15, 0.2) is 0 Å². The van der Waals surface area contributed by atoms with Gasteiger partial charge in [0.1, 0.15) is 5.82 Å². The van der Waals surface area contributed by atoms with Crippen molar-refractivity contribution in [2.24, 2.45) is 0 Å². The highest BCUT2D eigenvalue weighted by Crippen LogP contribution is 2.38. The van der Waals surface area contributed by atoms with Gasteiger partial charge in [-0.05, 0) is 66.1 Å². The number of carboxylic acids is 1. The van der Waals surface area contributed by atoms with Crippen molar-refractivity contribution in [1.29, 1.82) is 0 Å². The minimum absolute atomic E-state index is 0.0173. The monoisotopic (exact) mass is 473 g/mol. The number of hydrogen-bond acceptors (Lipinski definition) is 4. The topological polar surface area (TPSA) is 98.7 Å². The summed E-state index contributed by atoms with van der Waals surface area (Å²) < 4.78 is 13.8. The zero-order chi connectivity index (χ0) is 25.1. The Hall–Kier alpha value is -4.46. The summed E-state index contributed by atoms with van der Waals surface area (Å²) >= 11 is 0. The Balaban J connectivity index is 1.80. The molecule has 178 valence electrons. The molecule has 2 amide bonds. The molecule has 1 aliphatic heterocycles. The number of amides is 2. The highest BCUT2D eigenvalue weighted by atomic mass is 19.1. The van der Waals surface area contributed by atoms with E-state index in [0.29, 0.717) is 45.9 Å². The minimum atomic E-state index is -0.895. The Morgan fingerprint density at radius 2 is 1.80 bits per heavy atom. The molecule has 1 aliphatic rings. The van der Waals surface area contributed by atoms with Crippen molar-refractivity contribution in [3.05, 3.63) is 89.2 Å². The second-order valence-corrected chi connectivity index (χ2v) is 8.24. The first-order valence-electron chi connectivity index (χ1n) is 11.0. The molecule has 0 radical (unpaired) electrons. The van der Waals surface area contributed by atoms with E-state index in [1.54, 1.807) is 43.4 Å². The Bertz CT molecular complexity index is 1350. The van der Waals surface area contributed by atoms with Crippen molar-refractivity contribution in [1.82, 2.24) is 0 Å². The number of hydrogen-bond donors (Lipinski definition) is 3. The standard InChI is InChI=1S/C27H24FN3O4/c1-16(32)31(2)21-10-8-20(9-11-21)29-26(18-5-3-4-17(14-18)6-13-24(33)34)25-22-12-7-19(28)15-23(22)30-27(25)35/h3-5,7-12,14-15,29H,6,13H2,1-2H3,(H,30,35)(H,33,34)/b26-25-. The molecular weight excluding hydrogens is 449 g/mol. The van der Waals surface area contributed by atoms with Crippen molar-refractivity contribution >= 4 is 46.1 Å². The smallest absolute Gasteiger partial charge is 0.303 e. The maximum absolute atomic E-state index is 13.8. The van der Waals surface area contributed by atoms with Crippen LogP contribution in [0, 0.1) is 5.82 Å². The Labute approximate surface area is 201 Å². The lowest BCUT2D eigenvalue weighted by molar-refractivity contribution is -0.137. The molecule has 0 fully saturated rings. The number of aryl methyl sites for hydroxylation is 1. The van der Waals surface area contributed by atoms with Crippen LogP contribution in [0.4, 0.5) is 21.5 Å². The summed E-state index contributed by atoms with van der Waals surface area (Å²) in [6, 6.07) is 18.6. The molecule has 0 bridgehead atoms. The van der Waals surface area contributed by atoms with Crippen LogP contribution in [0.1, 0.15) is 30.0 Å². The average Bonchev–Trinajstić information content (AvgIpc) is 3.15. The largest absolute Gasteiger partial charge is 0.481 e. The molecule has 0 saturated heterocycles. The number of carbonyl (C=O) groups is 3. The van der Waals surface area contributed by atoms with Gasteiger partial charge in [-0.2, -0.15) is 0 Å². The molecule has 7 nitrogen and oxygen atoms in total. The molecule has 0 saturated carbocycles. The molecule has 0 atom stereocenters. The fraction of sp³-hybridized carbons (Fsp3) is 0.148. The van der Waals surface area contributed by atoms with Gasteiger partial charge in [-0.15, -0.1) is 0 Å². The van der Waals surface area contributed by atoms with Crippen molar-refractivity contribution in [3.63, 3.8) is 0 Å². The number of anilines is 3. The minimum Gasteiger partial charge on any atom is -0.481 e. The summed E-state index contributed by atoms with van der Waals surface area (Å²) in [6.07, 6.45) is 0.322. The number of benzene rings is 3. The van der Waals surface area contributed by atoms with Gasteiger partial charge in [0.05, 0.1) is 17.0 Å². The summed E-state index contributed by atoms with van der Waals surface area (Å²) in [5, 5.41) is 15.1. The van der Waals surface area contributed by atoms with Gasteiger partial charge in [0.2, 0.25) is 5.91 Å². The molecule has 4 rings (SSSR count). The van der Waals surface area contributed by atoms with E-state index in [0.717, 1.165) is 5.56 Å². The van der Waals surface area contributed by atoms with Gasteiger partial charge < -0.3 is 20.6 Å². The van der Waals surface area contributed by atoms with Gasteiger partial charge in [-0.3, -0.25) is 14.4 Å². The van der Waals surface area contributed by atoms with Crippen molar-refractivity contribution in [3.8, 4) is 0 Å². The van der Waals surface area contributed by atoms with Gasteiger partial charge in [-0.25, -0.2) is 4.39 Å². The predicted octanol–water partition coefficient (Wildman–Crippen LogP) is 4.76. The lowest BCUT2D eigenvalue weighted by Gasteiger charge is -2.18. The van der Waals surface area contributed by atoms with Crippen LogP contribution in [0.5, 0.6) is 0 Å². The van der Waals surface area contributed by atoms with E-state index < -0.39 is 11.8 Å². The molecule has 0 spiro atoms. The van der Waals surface area contributed by atoms with Crippen LogP contribution >= 0.6 is 0 Å². The lowest BCUT2D eigenvalue weighted by atomic mass is 9.97. The number of carboxylic acid groups (broad SMARTS) is 1. The molecule has 0 unspecified atom stereocenters. The Morgan fingerprint density at radius 1 is 1.06 bits per heavy atom. The Morgan fingerprint density at radius 3 is 2.49 bits per heavy atom. The molecule has 3 N–H and O–H groups in total. The summed E-state index contributed by atoms with van der Waals surface area (Å²) in [5.74, 6) is -1.83. The summed E-state index contributed by atoms with van der Waals surface area (Å²) in [7, 11) is 1.68. The Kier molecular flexibility index (Phi) is 6.64. The number of carbonyl (C=O) groups excluding carboxylic acids is 2. The average molecular weight is 474 g/mol. The van der Waals surface area contributed by atoms with E-state index in [9.17, 15) is 18.8 Å². The number of nitrogens with one attached hydrogen (secondary N) is 2. The maximum atomic E-state index is 13.8. The third kappa shape index (κ3) is 5.22. The molecule has 0 aliphatic carbocycles. The van der Waals surface area contributed by atoms with Crippen LogP contribution in [0.3, 0.4) is 0 Å². The third-order valence-electron chi connectivity index (χ3n) is 5.82. The number of fused-ring (bicyclic) bond motifs is 1. The molecule has 0 aromatic heterocycles. The lowest BCUT2D eigenvalue weighted by Crippen LogP contribution is -2.22. The molecular formula is C27H24FN3O4. The highest BCUT2D eigenvalue weighted by molar-refractivity contribution is 6.37. The molecule has 8 heteroatoms. The second kappa shape index (κ2) is 9.80. The summed E-state index contributed by atoms with van der Waals surface area (Å²) in [6.45, 7) is 1.48. The zero-order valence-corrected chi connectivity index (χ0v) is 19.3.